The maximum atomic E-state index is 13.4. The van der Waals surface area contributed by atoms with E-state index in [2.05, 4.69) is 30.9 Å². The summed E-state index contributed by atoms with van der Waals surface area (Å²) in [5.41, 5.74) is 2.35. The Kier molecular flexibility index (Phi) is 4.94. The molecule has 8 nitrogen and oxygen atoms in total. The molecule has 0 radical (unpaired) electrons. The zero-order valence-electron chi connectivity index (χ0n) is 16.0. The first kappa shape index (κ1) is 18.6. The van der Waals surface area contributed by atoms with Crippen molar-refractivity contribution in [2.75, 3.05) is 5.32 Å². The van der Waals surface area contributed by atoms with Gasteiger partial charge in [0.1, 0.15) is 17.4 Å². The third-order valence-electron chi connectivity index (χ3n) is 4.45. The highest BCUT2D eigenvalue weighted by Crippen LogP contribution is 2.25. The van der Waals surface area contributed by atoms with E-state index in [1.165, 1.54) is 12.1 Å². The molecular formula is C20H20FN7O. The van der Waals surface area contributed by atoms with Crippen LogP contribution in [0.5, 0.6) is 0 Å². The number of hydrogen-bond donors (Lipinski definition) is 3. The van der Waals surface area contributed by atoms with Crippen LogP contribution in [0.3, 0.4) is 0 Å². The molecule has 0 spiro atoms. The number of rotatable bonds is 6. The molecule has 3 N–H and O–H groups in total. The van der Waals surface area contributed by atoms with E-state index in [-0.39, 0.29) is 11.7 Å². The summed E-state index contributed by atoms with van der Waals surface area (Å²) in [7, 11) is 0. The third-order valence-corrected chi connectivity index (χ3v) is 4.45. The Balaban J connectivity index is 1.80. The minimum atomic E-state index is -0.628. The summed E-state index contributed by atoms with van der Waals surface area (Å²) < 4.78 is 15.1. The minimum absolute atomic E-state index is 0.159. The Labute approximate surface area is 166 Å². The van der Waals surface area contributed by atoms with Crippen LogP contribution in [-0.4, -0.2) is 30.7 Å². The summed E-state index contributed by atoms with van der Waals surface area (Å²) in [6, 6.07) is 10.9. The Hall–Kier alpha value is -3.75. The lowest BCUT2D eigenvalue weighted by molar-refractivity contribution is -0.121. The number of hydrogen-bond acceptors (Lipinski definition) is 5. The summed E-state index contributed by atoms with van der Waals surface area (Å²) in [6.07, 6.45) is 2.10. The van der Waals surface area contributed by atoms with Crippen molar-refractivity contribution in [1.82, 2.24) is 30.1 Å². The van der Waals surface area contributed by atoms with E-state index in [1.54, 1.807) is 29.8 Å². The molecule has 0 bridgehead atoms. The maximum Gasteiger partial charge on any atom is 0.220 e. The molecule has 0 saturated carbocycles. The van der Waals surface area contributed by atoms with Gasteiger partial charge in [-0.1, -0.05) is 19.1 Å². The molecule has 0 aliphatic carbocycles. The summed E-state index contributed by atoms with van der Waals surface area (Å²) in [5, 5.41) is 17.7. The second-order valence-corrected chi connectivity index (χ2v) is 6.62. The van der Waals surface area contributed by atoms with E-state index in [0.29, 0.717) is 29.4 Å². The first-order chi connectivity index (χ1) is 14.0. The number of nitrogens with zero attached hydrogens (tertiary/aromatic N) is 4. The van der Waals surface area contributed by atoms with Gasteiger partial charge in [0.05, 0.1) is 0 Å². The van der Waals surface area contributed by atoms with Crippen LogP contribution in [0.2, 0.25) is 0 Å². The number of H-pyrrole nitrogens is 1. The van der Waals surface area contributed by atoms with Crippen LogP contribution in [0, 0.1) is 12.7 Å². The molecule has 3 aromatic heterocycles. The number of anilines is 2. The topological polar surface area (TPSA) is 100 Å². The average Bonchev–Trinajstić information content (AvgIpc) is 3.35. The molecule has 1 aromatic carbocycles. The third kappa shape index (κ3) is 3.93. The highest BCUT2D eigenvalue weighted by Gasteiger charge is 2.22. The molecule has 1 unspecified atom stereocenters. The number of aromatic nitrogens is 5. The number of halogens is 1. The van der Waals surface area contributed by atoms with Gasteiger partial charge < -0.3 is 10.6 Å². The maximum absolute atomic E-state index is 13.4. The second kappa shape index (κ2) is 7.70. The van der Waals surface area contributed by atoms with Crippen LogP contribution >= 0.6 is 0 Å². The standard InChI is InChI=1S/C20H20FN7O/c1-3-17(29)23-18(13-6-8-14(21)9-7-13)20-24-19(15-5-4-10-28(15)27-20)22-16-11-12(2)25-26-16/h4-11,18H,3H2,1-2H3,(H,23,29)(H2,22,24,25,26,27). The Morgan fingerprint density at radius 2 is 2.07 bits per heavy atom. The van der Waals surface area contributed by atoms with Crippen molar-refractivity contribution in [3.8, 4) is 0 Å². The van der Waals surface area contributed by atoms with Crippen LogP contribution in [0.25, 0.3) is 5.52 Å². The molecule has 1 amide bonds. The van der Waals surface area contributed by atoms with Gasteiger partial charge in [-0.05, 0) is 36.8 Å². The van der Waals surface area contributed by atoms with Gasteiger partial charge in [-0.15, -0.1) is 5.10 Å². The monoisotopic (exact) mass is 393 g/mol. The molecule has 9 heteroatoms. The molecule has 4 rings (SSSR count). The van der Waals surface area contributed by atoms with Crippen LogP contribution in [-0.2, 0) is 4.79 Å². The molecule has 29 heavy (non-hydrogen) atoms. The fourth-order valence-electron chi connectivity index (χ4n) is 2.98. The number of fused-ring (bicyclic) bond motifs is 1. The van der Waals surface area contributed by atoms with Crippen LogP contribution in [0.1, 0.15) is 36.5 Å². The van der Waals surface area contributed by atoms with Gasteiger partial charge in [-0.3, -0.25) is 9.89 Å². The summed E-state index contributed by atoms with van der Waals surface area (Å²) in [6.45, 7) is 3.67. The lowest BCUT2D eigenvalue weighted by Crippen LogP contribution is -2.30. The molecule has 1 atom stereocenters. The molecule has 0 aliphatic heterocycles. The SMILES string of the molecule is CCC(=O)NC(c1ccc(F)cc1)c1nc(Nc2cc(C)[nH]n2)c2cccn2n1. The summed E-state index contributed by atoms with van der Waals surface area (Å²) in [5.74, 6) is 1.02. The molecule has 0 fully saturated rings. The average molecular weight is 393 g/mol. The number of carbonyl (C=O) groups excluding carboxylic acids is 1. The van der Waals surface area contributed by atoms with Gasteiger partial charge in [0.15, 0.2) is 17.5 Å². The van der Waals surface area contributed by atoms with Gasteiger partial charge in [0, 0.05) is 24.4 Å². The first-order valence-corrected chi connectivity index (χ1v) is 9.22. The van der Waals surface area contributed by atoms with Crippen molar-refractivity contribution < 1.29 is 9.18 Å². The number of benzene rings is 1. The smallest absolute Gasteiger partial charge is 0.220 e. The molecule has 4 aromatic rings. The normalized spacial score (nSPS) is 12.1. The van der Waals surface area contributed by atoms with Crippen molar-refractivity contribution in [3.05, 3.63) is 71.6 Å². The predicted octanol–water partition coefficient (Wildman–Crippen LogP) is 3.26. The number of aryl methyl sites for hydroxylation is 1. The lowest BCUT2D eigenvalue weighted by atomic mass is 10.1. The number of aromatic amines is 1. The predicted molar refractivity (Wildman–Crippen MR) is 106 cm³/mol. The quantitative estimate of drug-likeness (QED) is 0.467. The van der Waals surface area contributed by atoms with Crippen LogP contribution in [0.4, 0.5) is 16.0 Å². The van der Waals surface area contributed by atoms with Crippen LogP contribution in [0.15, 0.2) is 48.7 Å². The molecule has 0 aliphatic rings. The van der Waals surface area contributed by atoms with Gasteiger partial charge in [-0.25, -0.2) is 13.9 Å². The highest BCUT2D eigenvalue weighted by molar-refractivity contribution is 5.76. The van der Waals surface area contributed by atoms with Crippen molar-refractivity contribution in [1.29, 1.82) is 0 Å². The minimum Gasteiger partial charge on any atom is -0.342 e. The van der Waals surface area contributed by atoms with Crippen molar-refractivity contribution in [3.63, 3.8) is 0 Å². The van der Waals surface area contributed by atoms with E-state index in [1.807, 2.05) is 25.1 Å². The van der Waals surface area contributed by atoms with Crippen LogP contribution < -0.4 is 10.6 Å². The fourth-order valence-corrected chi connectivity index (χ4v) is 2.98. The van der Waals surface area contributed by atoms with E-state index in [0.717, 1.165) is 11.2 Å². The summed E-state index contributed by atoms with van der Waals surface area (Å²) >= 11 is 0. The Bertz CT molecular complexity index is 1150. The fraction of sp³-hybridized carbons (Fsp3) is 0.200. The lowest BCUT2D eigenvalue weighted by Gasteiger charge is -2.19. The van der Waals surface area contributed by atoms with Gasteiger partial charge in [0.2, 0.25) is 5.91 Å². The Morgan fingerprint density at radius 3 is 2.76 bits per heavy atom. The first-order valence-electron chi connectivity index (χ1n) is 9.22. The highest BCUT2D eigenvalue weighted by atomic mass is 19.1. The van der Waals surface area contributed by atoms with Gasteiger partial charge in [0.25, 0.3) is 0 Å². The van der Waals surface area contributed by atoms with Crippen molar-refractivity contribution in [2.24, 2.45) is 0 Å². The van der Waals surface area contributed by atoms with E-state index in [9.17, 15) is 9.18 Å². The molecule has 0 saturated heterocycles. The van der Waals surface area contributed by atoms with Crippen molar-refractivity contribution in [2.45, 2.75) is 26.3 Å². The van der Waals surface area contributed by atoms with E-state index in [4.69, 9.17) is 0 Å². The van der Waals surface area contributed by atoms with Gasteiger partial charge >= 0.3 is 0 Å². The second-order valence-electron chi connectivity index (χ2n) is 6.62. The number of nitrogens with one attached hydrogen (secondary N) is 3. The largest absolute Gasteiger partial charge is 0.342 e. The molecular weight excluding hydrogens is 373 g/mol. The number of amides is 1. The van der Waals surface area contributed by atoms with Gasteiger partial charge in [-0.2, -0.15) is 5.10 Å². The van der Waals surface area contributed by atoms with E-state index >= 15 is 0 Å². The zero-order valence-corrected chi connectivity index (χ0v) is 16.0. The van der Waals surface area contributed by atoms with E-state index < -0.39 is 6.04 Å². The molecule has 148 valence electrons. The summed E-state index contributed by atoms with van der Waals surface area (Å²) in [4.78, 5) is 16.8. The van der Waals surface area contributed by atoms with Crippen molar-refractivity contribution >= 4 is 23.1 Å². The molecule has 3 heterocycles. The number of carbonyl (C=O) groups is 1. The zero-order chi connectivity index (χ0) is 20.4. The Morgan fingerprint density at radius 1 is 1.28 bits per heavy atom.